The van der Waals surface area contributed by atoms with Gasteiger partial charge in [0.1, 0.15) is 17.6 Å². The smallest absolute Gasteiger partial charge is 0.311 e. The molecule has 0 saturated carbocycles. The van der Waals surface area contributed by atoms with E-state index in [2.05, 4.69) is 19.2 Å². The summed E-state index contributed by atoms with van der Waals surface area (Å²) in [6.45, 7) is 6.34. The molecule has 0 radical (unpaired) electrons. The van der Waals surface area contributed by atoms with Crippen LogP contribution in [-0.4, -0.2) is 25.2 Å². The number of unbranched alkanes of at least 4 members (excludes halogenated alkanes) is 1. The van der Waals surface area contributed by atoms with Crippen molar-refractivity contribution in [2.75, 3.05) is 13.1 Å². The van der Waals surface area contributed by atoms with Crippen molar-refractivity contribution in [2.24, 2.45) is 5.92 Å². The van der Waals surface area contributed by atoms with Crippen molar-refractivity contribution >= 4 is 5.97 Å². The molecule has 1 fully saturated rings. The second-order valence-corrected chi connectivity index (χ2v) is 6.03. The van der Waals surface area contributed by atoms with Crippen molar-refractivity contribution in [2.45, 2.75) is 52.1 Å². The van der Waals surface area contributed by atoms with E-state index in [0.717, 1.165) is 44.5 Å². The molecular weight excluding hydrogens is 278 g/mol. The van der Waals surface area contributed by atoms with Gasteiger partial charge in [0, 0.05) is 18.9 Å². The van der Waals surface area contributed by atoms with Crippen LogP contribution in [0.2, 0.25) is 0 Å². The molecule has 0 bridgehead atoms. The van der Waals surface area contributed by atoms with Crippen molar-refractivity contribution in [3.8, 4) is 11.5 Å². The highest BCUT2D eigenvalue weighted by Crippen LogP contribution is 2.23. The molecule has 1 heterocycles. The average Bonchev–Trinajstić information content (AvgIpc) is 2.72. The Morgan fingerprint density at radius 1 is 1.27 bits per heavy atom. The third kappa shape index (κ3) is 5.34. The first-order valence-corrected chi connectivity index (χ1v) is 8.37. The number of nitrogens with one attached hydrogen (secondary N) is 1. The van der Waals surface area contributed by atoms with Crippen molar-refractivity contribution in [3.05, 3.63) is 24.3 Å². The van der Waals surface area contributed by atoms with E-state index < -0.39 is 0 Å². The summed E-state index contributed by atoms with van der Waals surface area (Å²) in [5, 5.41) is 3.42. The molecule has 4 nitrogen and oxygen atoms in total. The molecule has 2 rings (SSSR count). The molecule has 122 valence electrons. The van der Waals surface area contributed by atoms with Crippen LogP contribution >= 0.6 is 0 Å². The topological polar surface area (TPSA) is 47.6 Å². The van der Waals surface area contributed by atoms with E-state index in [9.17, 15) is 4.79 Å². The zero-order valence-electron chi connectivity index (χ0n) is 13.6. The van der Waals surface area contributed by atoms with Gasteiger partial charge in [-0.15, -0.1) is 0 Å². The second kappa shape index (κ2) is 8.79. The van der Waals surface area contributed by atoms with Gasteiger partial charge in [-0.05, 0) is 50.1 Å². The second-order valence-electron chi connectivity index (χ2n) is 6.03. The van der Waals surface area contributed by atoms with E-state index in [4.69, 9.17) is 9.47 Å². The molecule has 1 saturated heterocycles. The number of hydrogen-bond donors (Lipinski definition) is 1. The van der Waals surface area contributed by atoms with E-state index in [0.29, 0.717) is 18.1 Å². The summed E-state index contributed by atoms with van der Waals surface area (Å²) in [4.78, 5) is 11.6. The predicted molar refractivity (Wildman–Crippen MR) is 87.3 cm³/mol. The minimum atomic E-state index is -0.168. The van der Waals surface area contributed by atoms with Crippen LogP contribution in [0.25, 0.3) is 0 Å². The van der Waals surface area contributed by atoms with Crippen molar-refractivity contribution in [3.63, 3.8) is 0 Å². The number of carbonyl (C=O) groups is 1. The molecule has 1 aromatic carbocycles. The Kier molecular flexibility index (Phi) is 6.72. The Morgan fingerprint density at radius 3 is 2.73 bits per heavy atom. The van der Waals surface area contributed by atoms with Crippen LogP contribution in [0.4, 0.5) is 0 Å². The van der Waals surface area contributed by atoms with Gasteiger partial charge >= 0.3 is 5.97 Å². The molecule has 0 aliphatic carbocycles. The van der Waals surface area contributed by atoms with Crippen LogP contribution in [0.15, 0.2) is 24.3 Å². The van der Waals surface area contributed by atoms with E-state index in [1.54, 1.807) is 12.1 Å². The zero-order chi connectivity index (χ0) is 15.8. The van der Waals surface area contributed by atoms with Gasteiger partial charge < -0.3 is 14.8 Å². The van der Waals surface area contributed by atoms with Gasteiger partial charge in [0.2, 0.25) is 0 Å². The molecule has 0 spiro atoms. The highest BCUT2D eigenvalue weighted by molar-refractivity contribution is 5.72. The molecule has 1 aromatic rings. The third-order valence-corrected chi connectivity index (χ3v) is 4.02. The maximum atomic E-state index is 11.6. The molecule has 1 N–H and O–H groups in total. The molecule has 0 amide bonds. The maximum absolute atomic E-state index is 11.6. The van der Waals surface area contributed by atoms with Gasteiger partial charge in [-0.25, -0.2) is 0 Å². The largest absolute Gasteiger partial charge is 0.490 e. The lowest BCUT2D eigenvalue weighted by Gasteiger charge is -2.22. The minimum Gasteiger partial charge on any atom is -0.490 e. The van der Waals surface area contributed by atoms with Crippen LogP contribution in [-0.2, 0) is 4.79 Å². The van der Waals surface area contributed by atoms with Gasteiger partial charge in [-0.1, -0.05) is 20.3 Å². The first-order chi connectivity index (χ1) is 10.7. The molecular formula is C18H27NO3. The van der Waals surface area contributed by atoms with E-state index in [1.807, 2.05) is 12.1 Å². The summed E-state index contributed by atoms with van der Waals surface area (Å²) in [5.74, 6) is 1.75. The lowest BCUT2D eigenvalue weighted by Crippen LogP contribution is -2.29. The highest BCUT2D eigenvalue weighted by Gasteiger charge is 2.21. The number of rotatable bonds is 6. The van der Waals surface area contributed by atoms with Crippen molar-refractivity contribution < 1.29 is 14.3 Å². The standard InChI is InChI=1S/C18H27NO3/c1-3-4-7-18(20)22-16-10-8-15(9-11-16)21-17-6-5-12-19-13-14(17)2/h8-11,14,17,19H,3-7,12-13H2,1-2H3. The molecule has 4 heteroatoms. The van der Waals surface area contributed by atoms with E-state index in [1.165, 1.54) is 0 Å². The molecule has 0 aromatic heterocycles. The van der Waals surface area contributed by atoms with Crippen molar-refractivity contribution in [1.29, 1.82) is 0 Å². The summed E-state index contributed by atoms with van der Waals surface area (Å²) in [6.07, 6.45) is 4.79. The lowest BCUT2D eigenvalue weighted by atomic mass is 10.0. The lowest BCUT2D eigenvalue weighted by molar-refractivity contribution is -0.134. The van der Waals surface area contributed by atoms with Crippen LogP contribution in [0.3, 0.4) is 0 Å². The van der Waals surface area contributed by atoms with Gasteiger partial charge in [-0.3, -0.25) is 4.79 Å². The summed E-state index contributed by atoms with van der Waals surface area (Å²) in [5.41, 5.74) is 0. The molecule has 1 aliphatic heterocycles. The summed E-state index contributed by atoms with van der Waals surface area (Å²) in [6, 6.07) is 7.37. The highest BCUT2D eigenvalue weighted by atomic mass is 16.5. The average molecular weight is 305 g/mol. The SMILES string of the molecule is CCCCC(=O)Oc1ccc(OC2CCCNCC2C)cc1. The molecule has 2 atom stereocenters. The quantitative estimate of drug-likeness (QED) is 0.645. The summed E-state index contributed by atoms with van der Waals surface area (Å²) in [7, 11) is 0. The minimum absolute atomic E-state index is 0.168. The Labute approximate surface area is 133 Å². The molecule has 22 heavy (non-hydrogen) atoms. The Hall–Kier alpha value is -1.55. The van der Waals surface area contributed by atoms with Gasteiger partial charge in [0.05, 0.1) is 0 Å². The van der Waals surface area contributed by atoms with Gasteiger partial charge in [0.25, 0.3) is 0 Å². The van der Waals surface area contributed by atoms with Crippen LogP contribution in [0, 0.1) is 5.92 Å². The fourth-order valence-corrected chi connectivity index (χ4v) is 2.61. The van der Waals surface area contributed by atoms with Crippen LogP contribution < -0.4 is 14.8 Å². The summed E-state index contributed by atoms with van der Waals surface area (Å²) < 4.78 is 11.4. The Morgan fingerprint density at radius 2 is 2.00 bits per heavy atom. The fraction of sp³-hybridized carbons (Fsp3) is 0.611. The number of carbonyl (C=O) groups excluding carboxylic acids is 1. The number of ether oxygens (including phenoxy) is 2. The molecule has 1 aliphatic rings. The normalized spacial score (nSPS) is 21.9. The fourth-order valence-electron chi connectivity index (χ4n) is 2.61. The van der Waals surface area contributed by atoms with Gasteiger partial charge in [0.15, 0.2) is 0 Å². The number of benzene rings is 1. The maximum Gasteiger partial charge on any atom is 0.311 e. The Balaban J connectivity index is 1.87. The summed E-state index contributed by atoms with van der Waals surface area (Å²) >= 11 is 0. The molecule has 2 unspecified atom stereocenters. The predicted octanol–water partition coefficient (Wildman–Crippen LogP) is 3.55. The number of esters is 1. The number of hydrogen-bond acceptors (Lipinski definition) is 4. The van der Waals surface area contributed by atoms with Crippen molar-refractivity contribution in [1.82, 2.24) is 5.32 Å². The van der Waals surface area contributed by atoms with Crippen LogP contribution in [0.1, 0.15) is 46.0 Å². The van der Waals surface area contributed by atoms with Crippen LogP contribution in [0.5, 0.6) is 11.5 Å². The monoisotopic (exact) mass is 305 g/mol. The van der Waals surface area contributed by atoms with E-state index >= 15 is 0 Å². The van der Waals surface area contributed by atoms with Gasteiger partial charge in [-0.2, -0.15) is 0 Å². The Bertz CT molecular complexity index is 458. The first kappa shape index (κ1) is 16.8. The van der Waals surface area contributed by atoms with E-state index in [-0.39, 0.29) is 12.1 Å². The first-order valence-electron chi connectivity index (χ1n) is 8.37. The third-order valence-electron chi connectivity index (χ3n) is 4.02. The zero-order valence-corrected chi connectivity index (χ0v) is 13.6.